The van der Waals surface area contributed by atoms with Crippen LogP contribution in [-0.4, -0.2) is 31.9 Å². The first-order valence-corrected chi connectivity index (χ1v) is 8.38. The second kappa shape index (κ2) is 5.39. The normalized spacial score (nSPS) is 23.4. The monoisotopic (exact) mass is 334 g/mol. The summed E-state index contributed by atoms with van der Waals surface area (Å²) < 4.78 is 1.34. The molecule has 2 aromatic heterocycles. The van der Waals surface area contributed by atoms with Crippen LogP contribution in [0.2, 0.25) is 5.15 Å². The third-order valence-corrected chi connectivity index (χ3v) is 5.17. The average molecular weight is 335 g/mol. The van der Waals surface area contributed by atoms with Gasteiger partial charge in [0.15, 0.2) is 0 Å². The van der Waals surface area contributed by atoms with Crippen LogP contribution >= 0.6 is 11.6 Å². The zero-order chi connectivity index (χ0) is 16.1. The lowest BCUT2D eigenvalue weighted by Crippen LogP contribution is -2.25. The molecule has 0 aliphatic heterocycles. The Kier molecular flexibility index (Phi) is 3.46. The maximum Gasteiger partial charge on any atom is 0.256 e. The van der Waals surface area contributed by atoms with Crippen molar-refractivity contribution in [2.45, 2.75) is 50.5 Å². The number of H-pyrrole nitrogens is 1. The van der Waals surface area contributed by atoms with Crippen molar-refractivity contribution in [3.05, 3.63) is 33.7 Å². The van der Waals surface area contributed by atoms with Crippen LogP contribution in [0.5, 0.6) is 0 Å². The highest BCUT2D eigenvalue weighted by molar-refractivity contribution is 6.29. The summed E-state index contributed by atoms with van der Waals surface area (Å²) in [6, 6.07) is 1.84. The van der Waals surface area contributed by atoms with Gasteiger partial charge in [0.1, 0.15) is 11.0 Å². The molecule has 0 bridgehead atoms. The molecule has 2 aliphatic rings. The Morgan fingerprint density at radius 3 is 3.09 bits per heavy atom. The van der Waals surface area contributed by atoms with Crippen molar-refractivity contribution in [3.8, 4) is 0 Å². The van der Waals surface area contributed by atoms with Crippen molar-refractivity contribution in [2.75, 3.05) is 5.73 Å². The van der Waals surface area contributed by atoms with Gasteiger partial charge in [0.05, 0.1) is 17.7 Å². The summed E-state index contributed by atoms with van der Waals surface area (Å²) in [7, 11) is 0. The zero-order valence-corrected chi connectivity index (χ0v) is 13.4. The number of fused-ring (bicyclic) bond motifs is 2. The van der Waals surface area contributed by atoms with Gasteiger partial charge in [-0.25, -0.2) is 0 Å². The van der Waals surface area contributed by atoms with Crippen molar-refractivity contribution in [2.24, 2.45) is 0 Å². The van der Waals surface area contributed by atoms with Crippen LogP contribution in [0, 0.1) is 0 Å². The largest absolute Gasteiger partial charge is 0.393 e. The number of nitrogens with one attached hydrogen (secondary N) is 1. The number of carbonyl (C=O) groups is 1. The number of aryl methyl sites for hydroxylation is 2. The quantitative estimate of drug-likeness (QED) is 0.743. The van der Waals surface area contributed by atoms with Crippen molar-refractivity contribution in [3.63, 3.8) is 0 Å². The first kappa shape index (κ1) is 14.8. The highest BCUT2D eigenvalue weighted by atomic mass is 35.5. The number of hydrogen-bond acceptors (Lipinski definition) is 4. The topological polar surface area (TPSA) is 96.9 Å². The summed E-state index contributed by atoms with van der Waals surface area (Å²) in [6.45, 7) is 0. The number of nitrogens with two attached hydrogens (primary N) is 1. The Balaban J connectivity index is 1.71. The van der Waals surface area contributed by atoms with E-state index in [1.54, 1.807) is 0 Å². The molecule has 0 radical (unpaired) electrons. The number of carbonyl (C=O) groups excluding carboxylic acids is 1. The van der Waals surface area contributed by atoms with E-state index < -0.39 is 6.10 Å². The maximum absolute atomic E-state index is 13.0. The Bertz CT molecular complexity index is 779. The third kappa shape index (κ3) is 2.37. The van der Waals surface area contributed by atoms with E-state index in [2.05, 4.69) is 10.1 Å². The molecule has 2 heterocycles. The number of aliphatic hydroxyl groups is 1. The lowest BCUT2D eigenvalue weighted by atomic mass is 9.86. The number of aromatic amines is 1. The van der Waals surface area contributed by atoms with Gasteiger partial charge in [0.25, 0.3) is 5.91 Å². The molecule has 0 saturated carbocycles. The molecule has 6 nitrogen and oxygen atoms in total. The van der Waals surface area contributed by atoms with E-state index in [0.29, 0.717) is 30.2 Å². The van der Waals surface area contributed by atoms with Gasteiger partial charge < -0.3 is 15.8 Å². The van der Waals surface area contributed by atoms with Crippen molar-refractivity contribution >= 4 is 23.3 Å². The number of nitrogens with zero attached hydrogens (tertiary/aromatic N) is 2. The molecule has 2 aromatic rings. The Morgan fingerprint density at radius 2 is 2.26 bits per heavy atom. The molecular weight excluding hydrogens is 316 g/mol. The summed E-state index contributed by atoms with van der Waals surface area (Å²) in [6.07, 6.45) is 4.00. The predicted molar refractivity (Wildman–Crippen MR) is 86.8 cm³/mol. The van der Waals surface area contributed by atoms with Crippen molar-refractivity contribution in [1.29, 1.82) is 0 Å². The van der Waals surface area contributed by atoms with Crippen molar-refractivity contribution < 1.29 is 9.90 Å². The van der Waals surface area contributed by atoms with Crippen LogP contribution in [0.25, 0.3) is 0 Å². The highest BCUT2D eigenvalue weighted by Gasteiger charge is 2.33. The van der Waals surface area contributed by atoms with E-state index in [1.807, 2.05) is 6.07 Å². The van der Waals surface area contributed by atoms with Crippen LogP contribution in [0.4, 0.5) is 5.82 Å². The third-order valence-electron chi connectivity index (χ3n) is 4.96. The number of hydrogen-bond donors (Lipinski definition) is 3. The van der Waals surface area contributed by atoms with Gasteiger partial charge >= 0.3 is 0 Å². The number of aromatic nitrogens is 3. The fourth-order valence-corrected chi connectivity index (χ4v) is 4.01. The van der Waals surface area contributed by atoms with Gasteiger partial charge in [-0.05, 0) is 43.7 Å². The fraction of sp³-hybridized carbons (Fsp3) is 0.500. The summed E-state index contributed by atoms with van der Waals surface area (Å²) in [4.78, 5) is 16.1. The minimum Gasteiger partial charge on any atom is -0.393 e. The van der Waals surface area contributed by atoms with Crippen LogP contribution < -0.4 is 5.73 Å². The zero-order valence-electron chi connectivity index (χ0n) is 12.7. The first-order valence-electron chi connectivity index (χ1n) is 8.00. The lowest BCUT2D eigenvalue weighted by molar-refractivity contribution is 0.0854. The molecule has 7 heteroatoms. The van der Waals surface area contributed by atoms with E-state index in [-0.39, 0.29) is 11.8 Å². The predicted octanol–water partition coefficient (Wildman–Crippen LogP) is 2.06. The molecular formula is C16H19ClN4O2. The summed E-state index contributed by atoms with van der Waals surface area (Å²) in [5.74, 6) is -0.00316. The molecule has 0 aromatic carbocycles. The number of rotatable bonds is 1. The van der Waals surface area contributed by atoms with E-state index in [4.69, 9.17) is 17.3 Å². The Morgan fingerprint density at radius 1 is 1.43 bits per heavy atom. The van der Waals surface area contributed by atoms with Gasteiger partial charge in [0, 0.05) is 17.7 Å². The highest BCUT2D eigenvalue weighted by Crippen LogP contribution is 2.36. The summed E-state index contributed by atoms with van der Waals surface area (Å²) >= 11 is 6.05. The molecule has 4 rings (SSSR count). The molecule has 0 amide bonds. The van der Waals surface area contributed by atoms with Gasteiger partial charge in [-0.2, -0.15) is 9.78 Å². The first-order chi connectivity index (χ1) is 11.0. The summed E-state index contributed by atoms with van der Waals surface area (Å²) in [5.41, 5.74) is 9.80. The molecule has 0 fully saturated rings. The van der Waals surface area contributed by atoms with Gasteiger partial charge in [0.2, 0.25) is 0 Å². The van der Waals surface area contributed by atoms with Gasteiger partial charge in [-0.3, -0.25) is 4.79 Å². The van der Waals surface area contributed by atoms with Crippen LogP contribution in [0.15, 0.2) is 6.07 Å². The molecule has 0 saturated heterocycles. The van der Waals surface area contributed by atoms with Gasteiger partial charge in [-0.15, -0.1) is 0 Å². The maximum atomic E-state index is 13.0. The molecule has 2 aliphatic carbocycles. The second-order valence-corrected chi connectivity index (χ2v) is 6.86. The van der Waals surface area contributed by atoms with Gasteiger partial charge in [-0.1, -0.05) is 11.6 Å². The molecule has 0 spiro atoms. The smallest absolute Gasteiger partial charge is 0.256 e. The summed E-state index contributed by atoms with van der Waals surface area (Å²) in [5, 5.41) is 14.8. The molecule has 0 unspecified atom stereocenters. The second-order valence-electron chi connectivity index (χ2n) is 6.45. The Labute approximate surface area is 138 Å². The van der Waals surface area contributed by atoms with Crippen LogP contribution in [0.1, 0.15) is 52.5 Å². The molecule has 23 heavy (non-hydrogen) atoms. The number of anilines is 1. The minimum absolute atomic E-state index is 0.108. The SMILES string of the molecule is Nc1c2c(nn1C(=O)[C@H]1CCCc3[nH]c(Cl)cc31)CC[C@H](O)C2. The lowest BCUT2D eigenvalue weighted by Gasteiger charge is -2.21. The van der Waals surface area contributed by atoms with Crippen molar-refractivity contribution in [1.82, 2.24) is 14.8 Å². The molecule has 4 N–H and O–H groups in total. The van der Waals surface area contributed by atoms with E-state index in [1.165, 1.54) is 4.68 Å². The van der Waals surface area contributed by atoms with Crippen LogP contribution in [-0.2, 0) is 19.3 Å². The number of nitrogen functional groups attached to an aromatic ring is 1. The van der Waals surface area contributed by atoms with E-state index in [0.717, 1.165) is 41.8 Å². The fourth-order valence-electron chi connectivity index (χ4n) is 3.78. The molecule has 122 valence electrons. The van der Waals surface area contributed by atoms with E-state index >= 15 is 0 Å². The number of aliphatic hydroxyl groups excluding tert-OH is 1. The molecule has 2 atom stereocenters. The Hall–Kier alpha value is -1.79. The van der Waals surface area contributed by atoms with Crippen LogP contribution in [0.3, 0.4) is 0 Å². The number of halogens is 1. The average Bonchev–Trinajstić information content (AvgIpc) is 3.06. The standard InChI is InChI=1S/C16H19ClN4O2/c17-14-7-10-9(2-1-3-12(10)19-14)16(23)21-15(18)11-6-8(22)4-5-13(11)20-21/h7-9,19,22H,1-6,18H2/t8-,9-/m0/s1. The van der Waals surface area contributed by atoms with E-state index in [9.17, 15) is 9.90 Å². The minimum atomic E-state index is -0.401.